The molecule has 7 heteroatoms. The summed E-state index contributed by atoms with van der Waals surface area (Å²) in [4.78, 5) is 38.8. The number of H-pyrrole nitrogens is 1. The molecule has 1 fully saturated rings. The molecule has 7 nitrogen and oxygen atoms in total. The van der Waals surface area contributed by atoms with Gasteiger partial charge in [0.25, 0.3) is 11.5 Å². The predicted octanol–water partition coefficient (Wildman–Crippen LogP) is 3.60. The third-order valence-electron chi connectivity index (χ3n) is 5.50. The zero-order chi connectivity index (χ0) is 20.5. The summed E-state index contributed by atoms with van der Waals surface area (Å²) in [5.41, 5.74) is 2.82. The molecule has 150 valence electrons. The number of oxazole rings is 1. The standard InChI is InChI=1S/C23H20N4O3/c28-21-17(7-8-18(25-21)15-9-11-24-12-10-15)23(29)27-13-3-4-16(14-27)22-26-19-5-1-2-6-20(19)30-22/h1-2,5-12,16H,3-4,13-14H2,(H,25,28). The van der Waals surface area contributed by atoms with E-state index >= 15 is 0 Å². The number of hydrogen-bond donors (Lipinski definition) is 1. The van der Waals surface area contributed by atoms with Gasteiger partial charge in [-0.3, -0.25) is 14.6 Å². The van der Waals surface area contributed by atoms with Crippen LogP contribution in [0.3, 0.4) is 0 Å². The smallest absolute Gasteiger partial charge is 0.261 e. The second-order valence-corrected chi connectivity index (χ2v) is 7.46. The lowest BCUT2D eigenvalue weighted by atomic mass is 9.97. The van der Waals surface area contributed by atoms with Gasteiger partial charge >= 0.3 is 0 Å². The summed E-state index contributed by atoms with van der Waals surface area (Å²) in [7, 11) is 0. The molecule has 0 bridgehead atoms. The van der Waals surface area contributed by atoms with E-state index in [9.17, 15) is 9.59 Å². The Hall–Kier alpha value is -3.74. The molecule has 4 aromatic rings. The molecule has 1 aromatic carbocycles. The molecule has 0 aliphatic carbocycles. The van der Waals surface area contributed by atoms with Crippen LogP contribution in [0.1, 0.15) is 35.0 Å². The Morgan fingerprint density at radius 1 is 1.10 bits per heavy atom. The van der Waals surface area contributed by atoms with Crippen molar-refractivity contribution < 1.29 is 9.21 Å². The lowest BCUT2D eigenvalue weighted by molar-refractivity contribution is 0.0697. The number of nitrogens with zero attached hydrogens (tertiary/aromatic N) is 3. The molecule has 1 aliphatic rings. The van der Waals surface area contributed by atoms with Gasteiger partial charge in [-0.05, 0) is 49.2 Å². The average molecular weight is 400 g/mol. The van der Waals surface area contributed by atoms with Crippen LogP contribution in [0.25, 0.3) is 22.4 Å². The molecule has 1 unspecified atom stereocenters. The van der Waals surface area contributed by atoms with Crippen molar-refractivity contribution in [3.05, 3.63) is 82.7 Å². The van der Waals surface area contributed by atoms with Crippen molar-refractivity contribution in [2.45, 2.75) is 18.8 Å². The van der Waals surface area contributed by atoms with Crippen LogP contribution in [0.2, 0.25) is 0 Å². The first-order chi connectivity index (χ1) is 14.7. The van der Waals surface area contributed by atoms with E-state index in [4.69, 9.17) is 4.42 Å². The number of nitrogens with one attached hydrogen (secondary N) is 1. The number of hydrogen-bond acceptors (Lipinski definition) is 5. The molecule has 0 saturated carbocycles. The Morgan fingerprint density at radius 3 is 2.73 bits per heavy atom. The normalized spacial score (nSPS) is 16.7. The molecule has 3 aromatic heterocycles. The minimum absolute atomic E-state index is 0.0188. The molecule has 0 spiro atoms. The number of amides is 1. The fourth-order valence-corrected chi connectivity index (χ4v) is 3.94. The summed E-state index contributed by atoms with van der Waals surface area (Å²) in [5, 5.41) is 0. The topological polar surface area (TPSA) is 92.1 Å². The average Bonchev–Trinajstić information content (AvgIpc) is 3.24. The molecular weight excluding hydrogens is 380 g/mol. The molecule has 0 radical (unpaired) electrons. The molecule has 1 aliphatic heterocycles. The molecular formula is C23H20N4O3. The Balaban J connectivity index is 1.37. The highest BCUT2D eigenvalue weighted by atomic mass is 16.3. The highest BCUT2D eigenvalue weighted by Gasteiger charge is 2.29. The number of aromatic nitrogens is 3. The van der Waals surface area contributed by atoms with E-state index in [-0.39, 0.29) is 17.4 Å². The third kappa shape index (κ3) is 3.39. The fraction of sp³-hybridized carbons (Fsp3) is 0.217. The van der Waals surface area contributed by atoms with Crippen molar-refractivity contribution in [2.24, 2.45) is 0 Å². The first-order valence-electron chi connectivity index (χ1n) is 9.97. The van der Waals surface area contributed by atoms with E-state index < -0.39 is 5.56 Å². The number of piperidine rings is 1. The summed E-state index contributed by atoms with van der Waals surface area (Å²) in [6.07, 6.45) is 5.05. The van der Waals surface area contributed by atoms with Gasteiger partial charge in [0.2, 0.25) is 0 Å². The number of carbonyl (C=O) groups excluding carboxylic acids is 1. The van der Waals surface area contributed by atoms with E-state index in [1.54, 1.807) is 29.4 Å². The molecule has 30 heavy (non-hydrogen) atoms. The van der Waals surface area contributed by atoms with Gasteiger partial charge in [0, 0.05) is 36.7 Å². The van der Waals surface area contributed by atoms with E-state index in [1.807, 2.05) is 36.4 Å². The SMILES string of the molecule is O=C(c1ccc(-c2ccncc2)[nH]c1=O)N1CCCC(c2nc3ccccc3o2)C1. The van der Waals surface area contributed by atoms with Gasteiger partial charge < -0.3 is 14.3 Å². The molecule has 1 N–H and O–H groups in total. The molecule has 1 atom stereocenters. The summed E-state index contributed by atoms with van der Waals surface area (Å²) in [6.45, 7) is 1.10. The van der Waals surface area contributed by atoms with E-state index in [0.29, 0.717) is 24.7 Å². The van der Waals surface area contributed by atoms with E-state index in [0.717, 1.165) is 29.5 Å². The van der Waals surface area contributed by atoms with Crippen LogP contribution in [-0.4, -0.2) is 38.8 Å². The van der Waals surface area contributed by atoms with Crippen molar-refractivity contribution in [2.75, 3.05) is 13.1 Å². The maximum Gasteiger partial charge on any atom is 0.261 e. The van der Waals surface area contributed by atoms with Crippen molar-refractivity contribution >= 4 is 17.0 Å². The summed E-state index contributed by atoms with van der Waals surface area (Å²) < 4.78 is 5.91. The van der Waals surface area contributed by atoms with Gasteiger partial charge in [-0.15, -0.1) is 0 Å². The van der Waals surface area contributed by atoms with Gasteiger partial charge in [0.1, 0.15) is 11.1 Å². The Kier molecular flexibility index (Phi) is 4.63. The predicted molar refractivity (Wildman–Crippen MR) is 112 cm³/mol. The van der Waals surface area contributed by atoms with Crippen LogP contribution in [0.5, 0.6) is 0 Å². The second kappa shape index (κ2) is 7.59. The lowest BCUT2D eigenvalue weighted by Crippen LogP contribution is -2.41. The number of aromatic amines is 1. The highest BCUT2D eigenvalue weighted by molar-refractivity contribution is 5.94. The third-order valence-corrected chi connectivity index (χ3v) is 5.50. The van der Waals surface area contributed by atoms with Crippen molar-refractivity contribution in [1.82, 2.24) is 19.9 Å². The lowest BCUT2D eigenvalue weighted by Gasteiger charge is -2.31. The molecule has 4 heterocycles. The number of carbonyl (C=O) groups is 1. The van der Waals surface area contributed by atoms with Crippen molar-refractivity contribution in [3.8, 4) is 11.3 Å². The summed E-state index contributed by atoms with van der Waals surface area (Å²) in [6, 6.07) is 14.6. The Morgan fingerprint density at radius 2 is 1.93 bits per heavy atom. The second-order valence-electron chi connectivity index (χ2n) is 7.46. The van der Waals surface area contributed by atoms with Crippen LogP contribution in [0.4, 0.5) is 0 Å². The van der Waals surface area contributed by atoms with Gasteiger partial charge in [-0.2, -0.15) is 0 Å². The number of rotatable bonds is 3. The quantitative estimate of drug-likeness (QED) is 0.567. The van der Waals surface area contributed by atoms with Crippen LogP contribution < -0.4 is 5.56 Å². The molecule has 1 saturated heterocycles. The first-order valence-corrected chi connectivity index (χ1v) is 9.97. The Bertz CT molecular complexity index is 1230. The van der Waals surface area contributed by atoms with Gasteiger partial charge in [-0.1, -0.05) is 12.1 Å². The number of pyridine rings is 2. The number of benzene rings is 1. The molecule has 5 rings (SSSR count). The van der Waals surface area contributed by atoms with Crippen LogP contribution >= 0.6 is 0 Å². The summed E-state index contributed by atoms with van der Waals surface area (Å²) in [5.74, 6) is 0.402. The number of para-hydroxylation sites is 2. The Labute approximate surface area is 172 Å². The maximum absolute atomic E-state index is 13.1. The van der Waals surface area contributed by atoms with E-state index in [2.05, 4.69) is 15.0 Å². The van der Waals surface area contributed by atoms with Crippen LogP contribution in [0.15, 0.2) is 70.1 Å². The van der Waals surface area contributed by atoms with Gasteiger partial charge in [0.05, 0.1) is 5.92 Å². The minimum Gasteiger partial charge on any atom is -0.440 e. The van der Waals surface area contributed by atoms with Gasteiger partial charge in [-0.25, -0.2) is 4.98 Å². The maximum atomic E-state index is 13.1. The summed E-state index contributed by atoms with van der Waals surface area (Å²) >= 11 is 0. The molecule has 1 amide bonds. The number of likely N-dealkylation sites (tertiary alicyclic amines) is 1. The largest absolute Gasteiger partial charge is 0.440 e. The monoisotopic (exact) mass is 400 g/mol. The zero-order valence-electron chi connectivity index (χ0n) is 16.2. The van der Waals surface area contributed by atoms with Crippen LogP contribution in [-0.2, 0) is 0 Å². The van der Waals surface area contributed by atoms with E-state index in [1.165, 1.54) is 0 Å². The zero-order valence-corrected chi connectivity index (χ0v) is 16.2. The van der Waals surface area contributed by atoms with Crippen molar-refractivity contribution in [1.29, 1.82) is 0 Å². The van der Waals surface area contributed by atoms with Crippen LogP contribution in [0, 0.1) is 0 Å². The fourth-order valence-electron chi connectivity index (χ4n) is 3.94. The number of fused-ring (bicyclic) bond motifs is 1. The van der Waals surface area contributed by atoms with Gasteiger partial charge in [0.15, 0.2) is 11.5 Å². The van der Waals surface area contributed by atoms with Crippen molar-refractivity contribution in [3.63, 3.8) is 0 Å². The first kappa shape index (κ1) is 18.3. The highest BCUT2D eigenvalue weighted by Crippen LogP contribution is 2.29. The minimum atomic E-state index is -0.390.